The maximum atomic E-state index is 13.6. The van der Waals surface area contributed by atoms with Gasteiger partial charge in [-0.25, -0.2) is 9.07 Å². The Morgan fingerprint density at radius 1 is 1.06 bits per heavy atom. The van der Waals surface area contributed by atoms with Gasteiger partial charge in [-0.05, 0) is 67.8 Å². The summed E-state index contributed by atoms with van der Waals surface area (Å²) in [6.07, 6.45) is 1.47. The van der Waals surface area contributed by atoms with E-state index in [0.29, 0.717) is 29.6 Å². The van der Waals surface area contributed by atoms with Gasteiger partial charge in [-0.3, -0.25) is 4.79 Å². The molecular formula is C28H26FN5O2. The molecule has 0 aliphatic carbocycles. The first-order valence-corrected chi connectivity index (χ1v) is 11.6. The number of halogens is 1. The van der Waals surface area contributed by atoms with Crippen LogP contribution in [0.1, 0.15) is 35.2 Å². The predicted octanol–water partition coefficient (Wildman–Crippen LogP) is 5.54. The molecular weight excluding hydrogens is 457 g/mol. The Morgan fingerprint density at radius 3 is 2.53 bits per heavy atom. The number of amides is 1. The Kier molecular flexibility index (Phi) is 6.25. The van der Waals surface area contributed by atoms with Gasteiger partial charge in [0.05, 0.1) is 5.57 Å². The number of fused-ring (bicyclic) bond motifs is 1. The summed E-state index contributed by atoms with van der Waals surface area (Å²) in [6.45, 7) is 6.18. The van der Waals surface area contributed by atoms with E-state index in [0.717, 1.165) is 27.9 Å². The Morgan fingerprint density at radius 2 is 1.81 bits per heavy atom. The van der Waals surface area contributed by atoms with Crippen LogP contribution in [-0.2, 0) is 11.4 Å². The number of hydrogen-bond donors (Lipinski definition) is 2. The fraction of sp³-hybridized carbons (Fsp3) is 0.179. The van der Waals surface area contributed by atoms with Gasteiger partial charge in [-0.15, -0.1) is 0 Å². The van der Waals surface area contributed by atoms with Crippen LogP contribution in [0, 0.1) is 19.7 Å². The molecule has 182 valence electrons. The Labute approximate surface area is 208 Å². The molecule has 0 saturated carbocycles. The topological polar surface area (TPSA) is 81.1 Å². The van der Waals surface area contributed by atoms with E-state index >= 15 is 0 Å². The molecule has 8 heteroatoms. The van der Waals surface area contributed by atoms with Crippen molar-refractivity contribution in [3.8, 4) is 5.75 Å². The average molecular weight is 484 g/mol. The van der Waals surface area contributed by atoms with E-state index in [1.54, 1.807) is 16.8 Å². The molecule has 0 spiro atoms. The van der Waals surface area contributed by atoms with E-state index in [2.05, 4.69) is 20.7 Å². The molecule has 2 N–H and O–H groups in total. The largest absolute Gasteiger partial charge is 0.489 e. The molecule has 2 heterocycles. The fourth-order valence-corrected chi connectivity index (χ4v) is 4.33. The van der Waals surface area contributed by atoms with Crippen LogP contribution >= 0.6 is 0 Å². The first-order chi connectivity index (χ1) is 17.4. The van der Waals surface area contributed by atoms with Crippen molar-refractivity contribution in [2.24, 2.45) is 0 Å². The molecule has 0 fully saturated rings. The van der Waals surface area contributed by atoms with E-state index in [1.807, 2.05) is 63.2 Å². The van der Waals surface area contributed by atoms with Crippen molar-refractivity contribution in [3.05, 3.63) is 112 Å². The number of benzene rings is 3. The van der Waals surface area contributed by atoms with Gasteiger partial charge in [0.25, 0.3) is 5.91 Å². The molecule has 4 aromatic rings. The zero-order chi connectivity index (χ0) is 25.2. The first-order valence-electron chi connectivity index (χ1n) is 11.6. The highest BCUT2D eigenvalue weighted by Gasteiger charge is 2.33. The maximum Gasteiger partial charge on any atom is 0.255 e. The molecule has 7 nitrogen and oxygen atoms in total. The lowest BCUT2D eigenvalue weighted by atomic mass is 9.94. The fourth-order valence-electron chi connectivity index (χ4n) is 4.33. The molecule has 0 radical (unpaired) electrons. The number of ether oxygens (including phenoxy) is 1. The zero-order valence-corrected chi connectivity index (χ0v) is 20.2. The van der Waals surface area contributed by atoms with Gasteiger partial charge < -0.3 is 15.4 Å². The number of nitrogens with one attached hydrogen (secondary N) is 2. The SMILES string of the molecule is CC1=C(C(=O)Nc2ccc(C)cc2C)[C@@H](c2ccc(OCc3ccc(F)cc3)cc2)n2ncnc2N1. The number of nitrogens with zero attached hydrogens (tertiary/aromatic N) is 3. The Bertz CT molecular complexity index is 1440. The molecule has 1 aliphatic rings. The van der Waals surface area contributed by atoms with Gasteiger partial charge >= 0.3 is 0 Å². The lowest BCUT2D eigenvalue weighted by Gasteiger charge is -2.29. The number of carbonyl (C=O) groups is 1. The summed E-state index contributed by atoms with van der Waals surface area (Å²) >= 11 is 0. The third kappa shape index (κ3) is 4.70. The van der Waals surface area contributed by atoms with Crippen molar-refractivity contribution in [1.82, 2.24) is 14.8 Å². The van der Waals surface area contributed by atoms with E-state index < -0.39 is 6.04 Å². The first kappa shape index (κ1) is 23.3. The second-order valence-corrected chi connectivity index (χ2v) is 8.85. The van der Waals surface area contributed by atoms with Crippen molar-refractivity contribution in [2.45, 2.75) is 33.4 Å². The van der Waals surface area contributed by atoms with Gasteiger partial charge in [0.1, 0.15) is 30.5 Å². The van der Waals surface area contributed by atoms with Crippen molar-refractivity contribution >= 4 is 17.5 Å². The van der Waals surface area contributed by atoms with Gasteiger partial charge in [0, 0.05) is 11.4 Å². The summed E-state index contributed by atoms with van der Waals surface area (Å²) in [7, 11) is 0. The quantitative estimate of drug-likeness (QED) is 0.376. The van der Waals surface area contributed by atoms with Crippen LogP contribution in [0.5, 0.6) is 5.75 Å². The molecule has 1 atom stereocenters. The summed E-state index contributed by atoms with van der Waals surface area (Å²) in [5, 5.41) is 10.6. The summed E-state index contributed by atoms with van der Waals surface area (Å²) < 4.78 is 20.7. The molecule has 0 bridgehead atoms. The summed E-state index contributed by atoms with van der Waals surface area (Å²) in [5.41, 5.74) is 5.88. The van der Waals surface area contributed by atoms with Crippen LogP contribution in [0.4, 0.5) is 16.0 Å². The molecule has 1 aromatic heterocycles. The molecule has 36 heavy (non-hydrogen) atoms. The van der Waals surface area contributed by atoms with Crippen LogP contribution in [0.15, 0.2) is 84.3 Å². The van der Waals surface area contributed by atoms with Crippen LogP contribution in [-0.4, -0.2) is 20.7 Å². The highest BCUT2D eigenvalue weighted by atomic mass is 19.1. The highest BCUT2D eigenvalue weighted by molar-refractivity contribution is 6.06. The smallest absolute Gasteiger partial charge is 0.255 e. The van der Waals surface area contributed by atoms with Crippen LogP contribution in [0.25, 0.3) is 0 Å². The van der Waals surface area contributed by atoms with Crippen molar-refractivity contribution in [1.29, 1.82) is 0 Å². The van der Waals surface area contributed by atoms with Crippen molar-refractivity contribution in [3.63, 3.8) is 0 Å². The molecule has 3 aromatic carbocycles. The number of rotatable bonds is 6. The van der Waals surface area contributed by atoms with Gasteiger partial charge in [0.2, 0.25) is 5.95 Å². The zero-order valence-electron chi connectivity index (χ0n) is 20.2. The van der Waals surface area contributed by atoms with Crippen LogP contribution < -0.4 is 15.4 Å². The number of hydrogen-bond acceptors (Lipinski definition) is 5. The van der Waals surface area contributed by atoms with E-state index in [4.69, 9.17) is 4.74 Å². The number of carbonyl (C=O) groups excluding carboxylic acids is 1. The average Bonchev–Trinajstić information content (AvgIpc) is 3.33. The summed E-state index contributed by atoms with van der Waals surface area (Å²) in [5.74, 6) is 0.739. The highest BCUT2D eigenvalue weighted by Crippen LogP contribution is 2.36. The molecule has 1 aliphatic heterocycles. The number of allylic oxidation sites excluding steroid dienone is 1. The second kappa shape index (κ2) is 9.65. The second-order valence-electron chi connectivity index (χ2n) is 8.85. The minimum atomic E-state index is -0.472. The lowest BCUT2D eigenvalue weighted by molar-refractivity contribution is -0.113. The number of aryl methyl sites for hydroxylation is 2. The monoisotopic (exact) mass is 483 g/mol. The van der Waals surface area contributed by atoms with Crippen molar-refractivity contribution in [2.75, 3.05) is 10.6 Å². The third-order valence-electron chi connectivity index (χ3n) is 6.18. The Hall–Kier alpha value is -4.46. The molecule has 1 amide bonds. The van der Waals surface area contributed by atoms with E-state index in [9.17, 15) is 9.18 Å². The summed E-state index contributed by atoms with van der Waals surface area (Å²) in [4.78, 5) is 17.9. The van der Waals surface area contributed by atoms with Crippen molar-refractivity contribution < 1.29 is 13.9 Å². The lowest BCUT2D eigenvalue weighted by Crippen LogP contribution is -2.31. The Balaban J connectivity index is 1.41. The predicted molar refractivity (Wildman–Crippen MR) is 136 cm³/mol. The van der Waals surface area contributed by atoms with Crippen LogP contribution in [0.2, 0.25) is 0 Å². The summed E-state index contributed by atoms with van der Waals surface area (Å²) in [6, 6.07) is 19.2. The van der Waals surface area contributed by atoms with Gasteiger partial charge in [-0.2, -0.15) is 10.1 Å². The maximum absolute atomic E-state index is 13.6. The van der Waals surface area contributed by atoms with Crippen LogP contribution in [0.3, 0.4) is 0 Å². The normalized spacial score (nSPS) is 14.7. The number of anilines is 2. The van der Waals surface area contributed by atoms with Gasteiger partial charge in [0.15, 0.2) is 0 Å². The molecule has 5 rings (SSSR count). The minimum Gasteiger partial charge on any atom is -0.489 e. The third-order valence-corrected chi connectivity index (χ3v) is 6.18. The number of aromatic nitrogens is 3. The van der Waals surface area contributed by atoms with E-state index in [1.165, 1.54) is 18.5 Å². The minimum absolute atomic E-state index is 0.213. The van der Waals surface area contributed by atoms with Gasteiger partial charge in [-0.1, -0.05) is 42.0 Å². The molecule has 0 saturated heterocycles. The molecule has 0 unspecified atom stereocenters. The van der Waals surface area contributed by atoms with E-state index in [-0.39, 0.29) is 11.7 Å². The standard InChI is InChI=1S/C28H26FN5O2/c1-17-4-13-24(18(2)14-17)33-27(35)25-19(3)32-28-30-16-31-34(28)26(25)21-7-11-23(12-8-21)36-15-20-5-9-22(29)10-6-20/h4-14,16,26H,15H2,1-3H3,(H,33,35)(H,30,31,32)/t26-/m1/s1.